The third-order valence-corrected chi connectivity index (χ3v) is 6.42. The standard InChI is InChI=1S/C28H30N2O3/c31-28(24-12-14-25(15-13-24)33-19-5-16-29-17-20-32-21-18-29)30-26-8-3-1-6-22(26)10-11-23-7-2-4-9-27(23)30/h1-4,6-9,12-15H,5,10-11,16-21H2. The molecule has 5 nitrogen and oxygen atoms in total. The molecular weight excluding hydrogens is 412 g/mol. The van der Waals surface area contributed by atoms with Gasteiger partial charge in [-0.15, -0.1) is 0 Å². The van der Waals surface area contributed by atoms with Gasteiger partial charge in [-0.3, -0.25) is 14.6 Å². The molecule has 0 aromatic heterocycles. The summed E-state index contributed by atoms with van der Waals surface area (Å²) >= 11 is 0. The second-order valence-corrected chi connectivity index (χ2v) is 8.58. The largest absolute Gasteiger partial charge is 0.494 e. The lowest BCUT2D eigenvalue weighted by molar-refractivity contribution is 0.0358. The lowest BCUT2D eigenvalue weighted by Crippen LogP contribution is -2.37. The second-order valence-electron chi connectivity index (χ2n) is 8.58. The molecule has 0 bridgehead atoms. The molecule has 0 aliphatic carbocycles. The maximum Gasteiger partial charge on any atom is 0.262 e. The first-order chi connectivity index (χ1) is 16.3. The summed E-state index contributed by atoms with van der Waals surface area (Å²) in [6, 6.07) is 24.0. The Hall–Kier alpha value is -3.15. The van der Waals surface area contributed by atoms with Crippen LogP contribution in [0.2, 0.25) is 0 Å². The molecule has 0 unspecified atom stereocenters. The lowest BCUT2D eigenvalue weighted by atomic mass is 10.0. The maximum absolute atomic E-state index is 13.7. The van der Waals surface area contributed by atoms with Crippen LogP contribution in [0.4, 0.5) is 11.4 Å². The van der Waals surface area contributed by atoms with Crippen LogP contribution in [0, 0.1) is 0 Å². The molecule has 1 amide bonds. The molecule has 170 valence electrons. The number of nitrogens with zero attached hydrogens (tertiary/aromatic N) is 2. The van der Waals surface area contributed by atoms with E-state index in [9.17, 15) is 4.79 Å². The van der Waals surface area contributed by atoms with Crippen molar-refractivity contribution in [1.82, 2.24) is 4.90 Å². The molecule has 1 saturated heterocycles. The number of benzene rings is 3. The van der Waals surface area contributed by atoms with Crippen molar-refractivity contribution in [3.05, 3.63) is 89.5 Å². The van der Waals surface area contributed by atoms with E-state index < -0.39 is 0 Å². The van der Waals surface area contributed by atoms with Gasteiger partial charge < -0.3 is 9.47 Å². The van der Waals surface area contributed by atoms with E-state index in [4.69, 9.17) is 9.47 Å². The minimum Gasteiger partial charge on any atom is -0.494 e. The number of morpholine rings is 1. The number of para-hydroxylation sites is 2. The number of anilines is 2. The third kappa shape index (κ3) is 4.95. The molecule has 1 fully saturated rings. The van der Waals surface area contributed by atoms with Crippen molar-refractivity contribution in [1.29, 1.82) is 0 Å². The number of rotatable bonds is 6. The van der Waals surface area contributed by atoms with E-state index >= 15 is 0 Å². The number of fused-ring (bicyclic) bond motifs is 2. The van der Waals surface area contributed by atoms with Crippen LogP contribution >= 0.6 is 0 Å². The van der Waals surface area contributed by atoms with Crippen LogP contribution in [0.25, 0.3) is 0 Å². The Kier molecular flexibility index (Phi) is 6.70. The highest BCUT2D eigenvalue weighted by atomic mass is 16.5. The number of hydrogen-bond donors (Lipinski definition) is 0. The van der Waals surface area contributed by atoms with Gasteiger partial charge in [-0.2, -0.15) is 0 Å². The van der Waals surface area contributed by atoms with Crippen LogP contribution in [-0.4, -0.2) is 50.3 Å². The van der Waals surface area contributed by atoms with Crippen molar-refractivity contribution in [2.24, 2.45) is 0 Å². The molecule has 3 aromatic carbocycles. The smallest absolute Gasteiger partial charge is 0.262 e. The SMILES string of the molecule is O=C(c1ccc(OCCCN2CCOCC2)cc1)N1c2ccccc2CCc2ccccc21. The fourth-order valence-corrected chi connectivity index (χ4v) is 4.62. The average molecular weight is 443 g/mol. The van der Waals surface area contributed by atoms with Gasteiger partial charge in [0.2, 0.25) is 0 Å². The highest BCUT2D eigenvalue weighted by Crippen LogP contribution is 2.37. The predicted molar refractivity (Wildman–Crippen MR) is 131 cm³/mol. The van der Waals surface area contributed by atoms with E-state index in [0.29, 0.717) is 12.2 Å². The molecule has 0 spiro atoms. The topological polar surface area (TPSA) is 42.0 Å². The summed E-state index contributed by atoms with van der Waals surface area (Å²) in [5.41, 5.74) is 4.98. The molecule has 0 radical (unpaired) electrons. The number of aryl methyl sites for hydroxylation is 2. The summed E-state index contributed by atoms with van der Waals surface area (Å²) < 4.78 is 11.3. The molecule has 0 atom stereocenters. The fraction of sp³-hybridized carbons (Fsp3) is 0.321. The molecule has 2 aliphatic rings. The van der Waals surface area contributed by atoms with Crippen molar-refractivity contribution in [2.75, 3.05) is 44.4 Å². The van der Waals surface area contributed by atoms with Gasteiger partial charge in [-0.25, -0.2) is 0 Å². The first-order valence-electron chi connectivity index (χ1n) is 11.8. The summed E-state index contributed by atoms with van der Waals surface area (Å²) in [6.07, 6.45) is 2.82. The van der Waals surface area contributed by atoms with Gasteiger partial charge >= 0.3 is 0 Å². The Morgan fingerprint density at radius 1 is 0.818 bits per heavy atom. The first-order valence-corrected chi connectivity index (χ1v) is 11.8. The molecule has 5 heteroatoms. The van der Waals surface area contributed by atoms with Crippen LogP contribution in [0.5, 0.6) is 5.75 Å². The Balaban J connectivity index is 1.28. The van der Waals surface area contributed by atoms with Crippen LogP contribution in [0.3, 0.4) is 0 Å². The Bertz CT molecular complexity index is 1040. The summed E-state index contributed by atoms with van der Waals surface area (Å²) in [4.78, 5) is 18.0. The molecule has 2 aliphatic heterocycles. The number of carbonyl (C=O) groups is 1. The second kappa shape index (κ2) is 10.2. The van der Waals surface area contributed by atoms with Crippen LogP contribution in [0.15, 0.2) is 72.8 Å². The highest BCUT2D eigenvalue weighted by molar-refractivity contribution is 6.12. The molecule has 5 rings (SSSR count). The van der Waals surface area contributed by atoms with Crippen LogP contribution in [0.1, 0.15) is 27.9 Å². The molecule has 0 N–H and O–H groups in total. The number of carbonyl (C=O) groups excluding carboxylic acids is 1. The number of ether oxygens (including phenoxy) is 2. The zero-order valence-electron chi connectivity index (χ0n) is 18.9. The van der Waals surface area contributed by atoms with Crippen molar-refractivity contribution >= 4 is 17.3 Å². The zero-order chi connectivity index (χ0) is 22.5. The van der Waals surface area contributed by atoms with E-state index in [2.05, 4.69) is 17.0 Å². The van der Waals surface area contributed by atoms with Gasteiger partial charge in [0.15, 0.2) is 0 Å². The third-order valence-electron chi connectivity index (χ3n) is 6.42. The van der Waals surface area contributed by atoms with Gasteiger partial charge in [0, 0.05) is 25.2 Å². The first kappa shape index (κ1) is 21.7. The highest BCUT2D eigenvalue weighted by Gasteiger charge is 2.26. The van der Waals surface area contributed by atoms with Crippen molar-refractivity contribution in [2.45, 2.75) is 19.3 Å². The summed E-state index contributed by atoms with van der Waals surface area (Å²) in [7, 11) is 0. The van der Waals surface area contributed by atoms with Gasteiger partial charge in [0.1, 0.15) is 5.75 Å². The van der Waals surface area contributed by atoms with Crippen molar-refractivity contribution < 1.29 is 14.3 Å². The Morgan fingerprint density at radius 3 is 2.06 bits per heavy atom. The summed E-state index contributed by atoms with van der Waals surface area (Å²) in [6.45, 7) is 5.33. The number of hydrogen-bond acceptors (Lipinski definition) is 4. The summed E-state index contributed by atoms with van der Waals surface area (Å²) in [5.74, 6) is 0.779. The Labute approximate surface area is 195 Å². The average Bonchev–Trinajstić information content (AvgIpc) is 3.04. The van der Waals surface area contributed by atoms with E-state index in [1.54, 1.807) is 0 Å². The monoisotopic (exact) mass is 442 g/mol. The van der Waals surface area contributed by atoms with E-state index in [1.807, 2.05) is 65.6 Å². The van der Waals surface area contributed by atoms with Gasteiger partial charge in [-0.1, -0.05) is 36.4 Å². The van der Waals surface area contributed by atoms with Gasteiger partial charge in [0.25, 0.3) is 5.91 Å². The minimum atomic E-state index is -0.0179. The molecule has 0 saturated carbocycles. The lowest BCUT2D eigenvalue weighted by Gasteiger charge is -2.26. The Morgan fingerprint density at radius 2 is 1.42 bits per heavy atom. The predicted octanol–water partition coefficient (Wildman–Crippen LogP) is 4.86. The van der Waals surface area contributed by atoms with Crippen molar-refractivity contribution in [3.63, 3.8) is 0 Å². The van der Waals surface area contributed by atoms with E-state index in [0.717, 1.165) is 69.2 Å². The van der Waals surface area contributed by atoms with E-state index in [-0.39, 0.29) is 5.91 Å². The molecule has 2 heterocycles. The van der Waals surface area contributed by atoms with Crippen molar-refractivity contribution in [3.8, 4) is 5.75 Å². The van der Waals surface area contributed by atoms with E-state index in [1.165, 1.54) is 11.1 Å². The van der Waals surface area contributed by atoms with Gasteiger partial charge in [0.05, 0.1) is 31.2 Å². The van der Waals surface area contributed by atoms with Crippen LogP contribution < -0.4 is 9.64 Å². The fourth-order valence-electron chi connectivity index (χ4n) is 4.62. The molecular formula is C28H30N2O3. The zero-order valence-corrected chi connectivity index (χ0v) is 18.9. The van der Waals surface area contributed by atoms with Gasteiger partial charge in [-0.05, 0) is 66.8 Å². The molecule has 3 aromatic rings. The minimum absolute atomic E-state index is 0.0179. The quantitative estimate of drug-likeness (QED) is 0.511. The number of amides is 1. The molecule has 33 heavy (non-hydrogen) atoms. The normalized spacial score (nSPS) is 15.9. The maximum atomic E-state index is 13.7. The van der Waals surface area contributed by atoms with Crippen LogP contribution in [-0.2, 0) is 17.6 Å². The summed E-state index contributed by atoms with van der Waals surface area (Å²) in [5, 5.41) is 0.